The topological polar surface area (TPSA) is 87.1 Å². The highest BCUT2D eigenvalue weighted by Gasteiger charge is 2.35. The Morgan fingerprint density at radius 2 is 1.86 bits per heavy atom. The molecule has 3 aromatic rings. The number of pyridine rings is 1. The molecule has 0 unspecified atom stereocenters. The minimum atomic E-state index is -4.56. The quantitative estimate of drug-likeness (QED) is 0.175. The summed E-state index contributed by atoms with van der Waals surface area (Å²) in [5.74, 6) is 5.48. The number of halogens is 4. The standard InChI is InChI=1S/C30H33F4N5O3S/c1-29(2,3)42-28(41)38-16-13-23(22(31)18-38)37-24-8-6-15-39-25(24)17-20(27(39)43-30(32,33)34)7-5-14-36-21-11-9-19(10-12-21)26(40)35-4/h6,8-12,15,17,22-23,36-37H,13-14,16,18H2,1-4H3,(H,35,40)/t22-,23+/m0/s1. The molecule has 2 atom stereocenters. The summed E-state index contributed by atoms with van der Waals surface area (Å²) in [7, 11) is 1.54. The number of carbonyl (C=O) groups is 2. The Labute approximate surface area is 251 Å². The lowest BCUT2D eigenvalue weighted by Crippen LogP contribution is -2.51. The predicted octanol–water partition coefficient (Wildman–Crippen LogP) is 6.13. The molecule has 1 aliphatic heterocycles. The fourth-order valence-corrected chi connectivity index (χ4v) is 5.22. The number of alkyl halides is 4. The minimum absolute atomic E-state index is 0.106. The highest BCUT2D eigenvalue weighted by molar-refractivity contribution is 8.00. The van der Waals surface area contributed by atoms with Crippen molar-refractivity contribution < 1.29 is 31.9 Å². The number of amides is 2. The second-order valence-electron chi connectivity index (χ2n) is 10.9. The van der Waals surface area contributed by atoms with Gasteiger partial charge in [0.05, 0.1) is 35.9 Å². The van der Waals surface area contributed by atoms with Crippen molar-refractivity contribution in [2.24, 2.45) is 0 Å². The van der Waals surface area contributed by atoms with Gasteiger partial charge in [0.1, 0.15) is 16.8 Å². The van der Waals surface area contributed by atoms with E-state index in [1.807, 2.05) is 0 Å². The van der Waals surface area contributed by atoms with Gasteiger partial charge in [0.15, 0.2) is 0 Å². The number of thioether (sulfide) groups is 1. The molecule has 1 aliphatic rings. The summed E-state index contributed by atoms with van der Waals surface area (Å²) >= 11 is -0.270. The molecule has 8 nitrogen and oxygen atoms in total. The Hall–Kier alpha value is -4.05. The second kappa shape index (κ2) is 13.1. The van der Waals surface area contributed by atoms with Crippen LogP contribution in [-0.2, 0) is 4.74 Å². The average molecular weight is 620 g/mol. The van der Waals surface area contributed by atoms with Gasteiger partial charge in [-0.05, 0) is 69.7 Å². The van der Waals surface area contributed by atoms with Crippen molar-refractivity contribution in [1.82, 2.24) is 14.6 Å². The van der Waals surface area contributed by atoms with Crippen LogP contribution in [0.25, 0.3) is 5.52 Å². The molecule has 0 saturated carbocycles. The fourth-order valence-electron chi connectivity index (χ4n) is 4.53. The maximum Gasteiger partial charge on any atom is 0.447 e. The van der Waals surface area contributed by atoms with Crippen molar-refractivity contribution in [2.45, 2.75) is 55.5 Å². The molecule has 2 amide bonds. The number of ether oxygens (including phenoxy) is 1. The summed E-state index contributed by atoms with van der Waals surface area (Å²) in [5.41, 5.74) is -3.04. The van der Waals surface area contributed by atoms with E-state index in [9.17, 15) is 22.8 Å². The zero-order valence-electron chi connectivity index (χ0n) is 24.1. The molecule has 0 radical (unpaired) electrons. The summed E-state index contributed by atoms with van der Waals surface area (Å²) < 4.78 is 62.5. The molecule has 1 saturated heterocycles. The van der Waals surface area contributed by atoms with E-state index in [4.69, 9.17) is 4.74 Å². The first-order valence-corrected chi connectivity index (χ1v) is 14.4. The van der Waals surface area contributed by atoms with Crippen molar-refractivity contribution in [3.05, 3.63) is 59.8 Å². The van der Waals surface area contributed by atoms with Crippen LogP contribution in [0.1, 0.15) is 43.1 Å². The predicted molar refractivity (Wildman–Crippen MR) is 159 cm³/mol. The number of aromatic nitrogens is 1. The Balaban J connectivity index is 1.51. The Bertz CT molecular complexity index is 1520. The van der Waals surface area contributed by atoms with E-state index in [0.717, 1.165) is 0 Å². The van der Waals surface area contributed by atoms with Gasteiger partial charge in [-0.25, -0.2) is 9.18 Å². The number of rotatable bonds is 6. The van der Waals surface area contributed by atoms with Crippen LogP contribution in [0.3, 0.4) is 0 Å². The third kappa shape index (κ3) is 8.50. The summed E-state index contributed by atoms with van der Waals surface area (Å²) in [6.45, 7) is 5.46. The van der Waals surface area contributed by atoms with Crippen molar-refractivity contribution >= 4 is 40.7 Å². The van der Waals surface area contributed by atoms with E-state index in [-0.39, 0.29) is 54.3 Å². The molecular weight excluding hydrogens is 586 g/mol. The lowest BCUT2D eigenvalue weighted by molar-refractivity contribution is -0.0330. The molecule has 230 valence electrons. The molecule has 0 spiro atoms. The third-order valence-electron chi connectivity index (χ3n) is 6.49. The number of carbonyl (C=O) groups excluding carboxylic acids is 2. The molecule has 2 aromatic heterocycles. The molecule has 4 rings (SSSR count). The number of hydrogen-bond acceptors (Lipinski definition) is 6. The largest absolute Gasteiger partial charge is 0.447 e. The molecule has 3 N–H and O–H groups in total. The molecule has 1 fully saturated rings. The number of benzene rings is 1. The molecule has 0 aliphatic carbocycles. The van der Waals surface area contributed by atoms with Crippen LogP contribution in [-0.4, -0.2) is 71.3 Å². The zero-order valence-corrected chi connectivity index (χ0v) is 25.0. The van der Waals surface area contributed by atoms with Gasteiger partial charge in [0, 0.05) is 42.8 Å². The lowest BCUT2D eigenvalue weighted by Gasteiger charge is -2.36. The molecule has 1 aromatic carbocycles. The maximum atomic E-state index is 15.2. The number of likely N-dealkylation sites (tertiary alicyclic amines) is 1. The van der Waals surface area contributed by atoms with Crippen molar-refractivity contribution in [3.63, 3.8) is 0 Å². The number of hydrogen-bond donors (Lipinski definition) is 3. The van der Waals surface area contributed by atoms with Gasteiger partial charge in [-0.1, -0.05) is 11.8 Å². The average Bonchev–Trinajstić information content (AvgIpc) is 3.27. The van der Waals surface area contributed by atoms with Crippen LogP contribution in [0.2, 0.25) is 0 Å². The van der Waals surface area contributed by atoms with E-state index >= 15 is 4.39 Å². The van der Waals surface area contributed by atoms with Crippen molar-refractivity contribution in [1.29, 1.82) is 0 Å². The number of fused-ring (bicyclic) bond motifs is 1. The molecule has 3 heterocycles. The van der Waals surface area contributed by atoms with Crippen molar-refractivity contribution in [3.8, 4) is 11.8 Å². The molecular formula is C30H33F4N5O3S. The third-order valence-corrected chi connectivity index (χ3v) is 7.33. The van der Waals surface area contributed by atoms with E-state index in [0.29, 0.717) is 22.5 Å². The first-order chi connectivity index (χ1) is 20.2. The Morgan fingerprint density at radius 3 is 2.49 bits per heavy atom. The lowest BCUT2D eigenvalue weighted by atomic mass is 10.0. The Morgan fingerprint density at radius 1 is 1.14 bits per heavy atom. The zero-order chi connectivity index (χ0) is 31.4. The maximum absolute atomic E-state index is 15.2. The van der Waals surface area contributed by atoms with Crippen molar-refractivity contribution in [2.75, 3.05) is 37.3 Å². The van der Waals surface area contributed by atoms with E-state index in [2.05, 4.69) is 27.8 Å². The summed E-state index contributed by atoms with van der Waals surface area (Å²) in [6.07, 6.45) is -0.218. The van der Waals surface area contributed by atoms with Gasteiger partial charge in [0.2, 0.25) is 0 Å². The summed E-state index contributed by atoms with van der Waals surface area (Å²) in [5, 5.41) is 8.63. The first-order valence-electron chi connectivity index (χ1n) is 13.6. The highest BCUT2D eigenvalue weighted by atomic mass is 32.2. The van der Waals surface area contributed by atoms with Crippen LogP contribution >= 0.6 is 11.8 Å². The monoisotopic (exact) mass is 619 g/mol. The number of nitrogens with one attached hydrogen (secondary N) is 3. The van der Waals surface area contributed by atoms with E-state index in [1.54, 1.807) is 63.2 Å². The SMILES string of the molecule is CNC(=O)c1ccc(NCC#Cc2cc3c(N[C@@H]4CCN(C(=O)OC(C)(C)C)C[C@@H]4F)cccn3c2SC(F)(F)F)cc1. The van der Waals surface area contributed by atoms with E-state index in [1.165, 1.54) is 22.5 Å². The number of piperidine rings is 1. The van der Waals surface area contributed by atoms with Crippen LogP contribution in [0.15, 0.2) is 53.7 Å². The van der Waals surface area contributed by atoms with Crippen LogP contribution in [0, 0.1) is 11.8 Å². The van der Waals surface area contributed by atoms with Crippen LogP contribution in [0.5, 0.6) is 0 Å². The van der Waals surface area contributed by atoms with Gasteiger partial charge in [0.25, 0.3) is 5.91 Å². The normalized spacial score (nSPS) is 17.2. The van der Waals surface area contributed by atoms with Gasteiger partial charge in [-0.2, -0.15) is 13.2 Å². The minimum Gasteiger partial charge on any atom is -0.444 e. The molecule has 13 heteroatoms. The molecule has 0 bridgehead atoms. The van der Waals surface area contributed by atoms with Gasteiger partial charge in [-0.3, -0.25) is 4.79 Å². The van der Waals surface area contributed by atoms with Gasteiger partial charge in [-0.15, -0.1) is 0 Å². The fraction of sp³-hybridized carbons (Fsp3) is 0.400. The highest BCUT2D eigenvalue weighted by Crippen LogP contribution is 2.41. The number of anilines is 2. The first kappa shape index (κ1) is 31.9. The van der Waals surface area contributed by atoms with E-state index < -0.39 is 29.4 Å². The molecule has 43 heavy (non-hydrogen) atoms. The van der Waals surface area contributed by atoms with Gasteiger partial charge < -0.3 is 30.0 Å². The second-order valence-corrected chi connectivity index (χ2v) is 11.9. The smallest absolute Gasteiger partial charge is 0.444 e. The Kier molecular flexibility index (Phi) is 9.69. The summed E-state index contributed by atoms with van der Waals surface area (Å²) in [4.78, 5) is 25.4. The number of nitrogens with zero attached hydrogens (tertiary/aromatic N) is 2. The summed E-state index contributed by atoms with van der Waals surface area (Å²) in [6, 6.07) is 10.8. The van der Waals surface area contributed by atoms with Gasteiger partial charge >= 0.3 is 11.6 Å². The van der Waals surface area contributed by atoms with Crippen LogP contribution in [0.4, 0.5) is 33.7 Å². The van der Waals surface area contributed by atoms with Crippen LogP contribution < -0.4 is 16.0 Å².